The van der Waals surface area contributed by atoms with Crippen molar-refractivity contribution in [2.45, 2.75) is 25.8 Å². The van der Waals surface area contributed by atoms with E-state index < -0.39 is 6.04 Å². The summed E-state index contributed by atoms with van der Waals surface area (Å²) >= 11 is 0. The number of rotatable bonds is 6. The fourth-order valence-electron chi connectivity index (χ4n) is 4.05. The van der Waals surface area contributed by atoms with Crippen molar-refractivity contribution in [3.63, 3.8) is 0 Å². The number of carbonyl (C=O) groups is 1. The first-order valence-corrected chi connectivity index (χ1v) is 10.7. The van der Waals surface area contributed by atoms with Gasteiger partial charge in [0.1, 0.15) is 23.4 Å². The molecule has 8 nitrogen and oxygen atoms in total. The maximum absolute atomic E-state index is 13.6. The van der Waals surface area contributed by atoms with Gasteiger partial charge in [-0.1, -0.05) is 12.1 Å². The van der Waals surface area contributed by atoms with E-state index in [0.29, 0.717) is 25.3 Å². The average molecular weight is 439 g/mol. The number of ether oxygens (including phenoxy) is 1. The van der Waals surface area contributed by atoms with Crippen LogP contribution in [0, 0.1) is 12.7 Å². The molecule has 2 aromatic carbocycles. The molecule has 0 spiro atoms. The summed E-state index contributed by atoms with van der Waals surface area (Å²) in [5.74, 6) is 1.06. The smallest absolute Gasteiger partial charge is 0.247 e. The molecule has 168 valence electrons. The van der Waals surface area contributed by atoms with Crippen LogP contribution in [0.2, 0.25) is 0 Å². The van der Waals surface area contributed by atoms with Crippen LogP contribution in [-0.4, -0.2) is 64.3 Å². The Labute approximate surface area is 186 Å². The summed E-state index contributed by atoms with van der Waals surface area (Å²) in [4.78, 5) is 17.8. The second-order valence-electron chi connectivity index (χ2n) is 7.88. The highest BCUT2D eigenvalue weighted by Crippen LogP contribution is 2.23. The number of amides is 1. The molecule has 1 amide bonds. The summed E-state index contributed by atoms with van der Waals surface area (Å²) in [6, 6.07) is 13.6. The molecular weight excluding hydrogens is 411 g/mol. The molecule has 0 saturated carbocycles. The molecule has 1 fully saturated rings. The Hall–Kier alpha value is -3.49. The largest absolute Gasteiger partial charge is 0.497 e. The van der Waals surface area contributed by atoms with E-state index in [4.69, 9.17) is 4.74 Å². The minimum atomic E-state index is -0.581. The van der Waals surface area contributed by atoms with Crippen LogP contribution in [0.15, 0.2) is 48.5 Å². The lowest BCUT2D eigenvalue weighted by atomic mass is 10.0. The Kier molecular flexibility index (Phi) is 6.63. The molecule has 4 rings (SSSR count). The lowest BCUT2D eigenvalue weighted by Crippen LogP contribution is -2.41. The van der Waals surface area contributed by atoms with Gasteiger partial charge in [-0.2, -0.15) is 0 Å². The number of halogens is 1. The van der Waals surface area contributed by atoms with Crippen LogP contribution in [0.1, 0.15) is 23.9 Å². The van der Waals surface area contributed by atoms with Crippen molar-refractivity contribution in [3.8, 4) is 5.75 Å². The Morgan fingerprint density at radius 2 is 1.81 bits per heavy atom. The first-order chi connectivity index (χ1) is 15.5. The van der Waals surface area contributed by atoms with Crippen LogP contribution in [0.4, 0.5) is 10.1 Å². The number of benzene rings is 2. The van der Waals surface area contributed by atoms with E-state index in [1.165, 1.54) is 12.1 Å². The van der Waals surface area contributed by atoms with Crippen LogP contribution in [0.3, 0.4) is 0 Å². The van der Waals surface area contributed by atoms with Gasteiger partial charge >= 0.3 is 0 Å². The van der Waals surface area contributed by atoms with Gasteiger partial charge in [-0.25, -0.2) is 9.07 Å². The molecule has 1 aliphatic heterocycles. The van der Waals surface area contributed by atoms with E-state index in [9.17, 15) is 9.18 Å². The maximum Gasteiger partial charge on any atom is 0.247 e. The number of carbonyl (C=O) groups excluding carboxylic acids is 1. The lowest BCUT2D eigenvalue weighted by molar-refractivity contribution is -0.135. The van der Waals surface area contributed by atoms with E-state index >= 15 is 0 Å². The summed E-state index contributed by atoms with van der Waals surface area (Å²) in [5, 5.41) is 11.7. The number of nitrogens with zero attached hydrogens (tertiary/aromatic N) is 6. The summed E-state index contributed by atoms with van der Waals surface area (Å²) in [5.41, 5.74) is 1.97. The van der Waals surface area contributed by atoms with E-state index in [1.807, 2.05) is 29.2 Å². The van der Waals surface area contributed by atoms with Gasteiger partial charge in [0, 0.05) is 38.3 Å². The zero-order valence-corrected chi connectivity index (χ0v) is 18.3. The fraction of sp³-hybridized carbons (Fsp3) is 0.391. The van der Waals surface area contributed by atoms with Crippen molar-refractivity contribution in [2.24, 2.45) is 0 Å². The topological polar surface area (TPSA) is 76.4 Å². The van der Waals surface area contributed by atoms with E-state index in [-0.39, 0.29) is 11.7 Å². The SMILES string of the molecule is COc1ccc(N2CCCN(C(=O)C(Cc3ccc(F)cc3)n3nnnc3C)CC2)cc1. The second-order valence-corrected chi connectivity index (χ2v) is 7.88. The van der Waals surface area contributed by atoms with Gasteiger partial charge in [0.15, 0.2) is 0 Å². The second kappa shape index (κ2) is 9.76. The van der Waals surface area contributed by atoms with Gasteiger partial charge in [0.2, 0.25) is 5.91 Å². The highest BCUT2D eigenvalue weighted by molar-refractivity contribution is 5.81. The van der Waals surface area contributed by atoms with Gasteiger partial charge in [-0.3, -0.25) is 4.79 Å². The minimum Gasteiger partial charge on any atom is -0.497 e. The predicted octanol–water partition coefficient (Wildman–Crippen LogP) is 2.65. The van der Waals surface area contributed by atoms with Gasteiger partial charge in [-0.15, -0.1) is 5.10 Å². The van der Waals surface area contributed by atoms with Crippen LogP contribution < -0.4 is 9.64 Å². The summed E-state index contributed by atoms with van der Waals surface area (Å²) < 4.78 is 20.2. The first-order valence-electron chi connectivity index (χ1n) is 10.7. The van der Waals surface area contributed by atoms with Crippen LogP contribution in [0.25, 0.3) is 0 Å². The van der Waals surface area contributed by atoms with Crippen molar-refractivity contribution in [2.75, 3.05) is 38.2 Å². The number of hydrogen-bond acceptors (Lipinski definition) is 6. The van der Waals surface area contributed by atoms with E-state index in [0.717, 1.165) is 36.5 Å². The molecule has 1 unspecified atom stereocenters. The third-order valence-corrected chi connectivity index (χ3v) is 5.83. The van der Waals surface area contributed by atoms with E-state index in [2.05, 4.69) is 20.4 Å². The zero-order valence-electron chi connectivity index (χ0n) is 18.3. The van der Waals surface area contributed by atoms with Gasteiger partial charge in [0.05, 0.1) is 7.11 Å². The molecule has 0 bridgehead atoms. The van der Waals surface area contributed by atoms with Crippen molar-refractivity contribution < 1.29 is 13.9 Å². The van der Waals surface area contributed by atoms with Crippen LogP contribution in [0.5, 0.6) is 5.75 Å². The van der Waals surface area contributed by atoms with Gasteiger partial charge in [0.25, 0.3) is 0 Å². The number of hydrogen-bond donors (Lipinski definition) is 0. The van der Waals surface area contributed by atoms with Crippen molar-refractivity contribution in [1.29, 1.82) is 0 Å². The molecule has 0 N–H and O–H groups in total. The van der Waals surface area contributed by atoms with Gasteiger partial charge in [-0.05, 0) is 65.7 Å². The predicted molar refractivity (Wildman–Crippen MR) is 118 cm³/mol. The molecule has 1 saturated heterocycles. The molecule has 9 heteroatoms. The standard InChI is InChI=1S/C23H27FN6O2/c1-17-25-26-27-30(17)22(16-18-4-6-19(24)7-5-18)23(31)29-13-3-12-28(14-15-29)20-8-10-21(32-2)11-9-20/h4-11,22H,3,12-16H2,1-2H3. The Morgan fingerprint density at radius 1 is 1.06 bits per heavy atom. The molecule has 1 aliphatic rings. The Morgan fingerprint density at radius 3 is 2.47 bits per heavy atom. The summed E-state index contributed by atoms with van der Waals surface area (Å²) in [7, 11) is 1.65. The highest BCUT2D eigenvalue weighted by atomic mass is 19.1. The van der Waals surface area contributed by atoms with E-state index in [1.54, 1.807) is 30.8 Å². The quantitative estimate of drug-likeness (QED) is 0.589. The zero-order chi connectivity index (χ0) is 22.5. The van der Waals surface area contributed by atoms with Crippen LogP contribution >= 0.6 is 0 Å². The molecule has 0 aliphatic carbocycles. The summed E-state index contributed by atoms with van der Waals surface area (Å²) in [6.45, 7) is 4.63. The maximum atomic E-state index is 13.6. The highest BCUT2D eigenvalue weighted by Gasteiger charge is 2.30. The molecule has 1 aromatic heterocycles. The minimum absolute atomic E-state index is 0.0266. The van der Waals surface area contributed by atoms with Crippen LogP contribution in [-0.2, 0) is 11.2 Å². The molecule has 2 heterocycles. The number of tetrazole rings is 1. The van der Waals surface area contributed by atoms with Gasteiger partial charge < -0.3 is 14.5 Å². The fourth-order valence-corrected chi connectivity index (χ4v) is 4.05. The van der Waals surface area contributed by atoms with Crippen molar-refractivity contribution >= 4 is 11.6 Å². The third-order valence-electron chi connectivity index (χ3n) is 5.83. The number of aryl methyl sites for hydroxylation is 1. The molecule has 0 radical (unpaired) electrons. The Bertz CT molecular complexity index is 1040. The third kappa shape index (κ3) is 4.87. The number of aromatic nitrogens is 4. The van der Waals surface area contributed by atoms with Crippen molar-refractivity contribution in [1.82, 2.24) is 25.1 Å². The molecule has 32 heavy (non-hydrogen) atoms. The lowest BCUT2D eigenvalue weighted by Gasteiger charge is -2.27. The molecular formula is C23H27FN6O2. The first kappa shape index (κ1) is 21.7. The average Bonchev–Trinajstić information content (AvgIpc) is 3.09. The monoisotopic (exact) mass is 438 g/mol. The Balaban J connectivity index is 1.50. The normalized spacial score (nSPS) is 15.3. The number of methoxy groups -OCH3 is 1. The number of anilines is 1. The molecule has 3 aromatic rings. The van der Waals surface area contributed by atoms with Crippen molar-refractivity contribution in [3.05, 3.63) is 65.7 Å². The molecule has 1 atom stereocenters. The summed E-state index contributed by atoms with van der Waals surface area (Å²) in [6.07, 6.45) is 1.25.